The summed E-state index contributed by atoms with van der Waals surface area (Å²) in [6.45, 7) is 1.15. The summed E-state index contributed by atoms with van der Waals surface area (Å²) in [6, 6.07) is 18.4. The molecule has 0 spiro atoms. The van der Waals surface area contributed by atoms with Crippen LogP contribution in [0.25, 0.3) is 0 Å². The molecule has 0 unspecified atom stereocenters. The molecule has 0 amide bonds. The lowest BCUT2D eigenvalue weighted by Gasteiger charge is -2.34. The van der Waals surface area contributed by atoms with E-state index in [4.69, 9.17) is 10.5 Å². The SMILES string of the molecule is NC[C@@H](c1ccc(OCc2ccccc2)cc1)[C@H]1CCCC[C@@H]1O. The number of nitrogens with two attached hydrogens (primary N) is 1. The minimum absolute atomic E-state index is 0.221. The van der Waals surface area contributed by atoms with Crippen LogP contribution in [0.3, 0.4) is 0 Å². The fourth-order valence-corrected chi connectivity index (χ4v) is 3.72. The van der Waals surface area contributed by atoms with Gasteiger partial charge in [0, 0.05) is 5.92 Å². The molecule has 24 heavy (non-hydrogen) atoms. The molecule has 3 N–H and O–H groups in total. The average Bonchev–Trinajstić information content (AvgIpc) is 2.64. The average molecular weight is 325 g/mol. The van der Waals surface area contributed by atoms with Crippen LogP contribution < -0.4 is 10.5 Å². The van der Waals surface area contributed by atoms with Crippen LogP contribution in [0.2, 0.25) is 0 Å². The quantitative estimate of drug-likeness (QED) is 0.848. The van der Waals surface area contributed by atoms with Gasteiger partial charge >= 0.3 is 0 Å². The van der Waals surface area contributed by atoms with E-state index < -0.39 is 0 Å². The van der Waals surface area contributed by atoms with Crippen LogP contribution in [0.1, 0.15) is 42.7 Å². The van der Waals surface area contributed by atoms with Gasteiger partial charge in [-0.2, -0.15) is 0 Å². The van der Waals surface area contributed by atoms with Gasteiger partial charge in [0.1, 0.15) is 12.4 Å². The molecule has 2 aromatic rings. The van der Waals surface area contributed by atoms with Crippen molar-refractivity contribution in [3.63, 3.8) is 0 Å². The summed E-state index contributed by atoms with van der Waals surface area (Å²) in [5, 5.41) is 10.3. The van der Waals surface area contributed by atoms with Crippen molar-refractivity contribution in [2.45, 2.75) is 44.3 Å². The Morgan fingerprint density at radius 3 is 2.38 bits per heavy atom. The summed E-state index contributed by atoms with van der Waals surface area (Å²) in [5.74, 6) is 1.37. The molecule has 0 heterocycles. The van der Waals surface area contributed by atoms with Gasteiger partial charge in [0.05, 0.1) is 6.10 Å². The highest BCUT2D eigenvalue weighted by molar-refractivity contribution is 5.30. The fraction of sp³-hybridized carbons (Fsp3) is 0.429. The Morgan fingerprint density at radius 2 is 1.71 bits per heavy atom. The van der Waals surface area contributed by atoms with Gasteiger partial charge in [0.15, 0.2) is 0 Å². The largest absolute Gasteiger partial charge is 0.489 e. The first-order valence-electron chi connectivity index (χ1n) is 8.92. The van der Waals surface area contributed by atoms with Gasteiger partial charge in [0.2, 0.25) is 0 Å². The number of hydrogen-bond donors (Lipinski definition) is 2. The third-order valence-corrected chi connectivity index (χ3v) is 5.11. The number of benzene rings is 2. The van der Waals surface area contributed by atoms with Crippen molar-refractivity contribution in [3.05, 3.63) is 65.7 Å². The highest BCUT2D eigenvalue weighted by atomic mass is 16.5. The molecule has 3 rings (SSSR count). The van der Waals surface area contributed by atoms with E-state index in [2.05, 4.69) is 24.3 Å². The van der Waals surface area contributed by atoms with E-state index in [1.54, 1.807) is 0 Å². The molecule has 0 bridgehead atoms. The molecule has 3 heteroatoms. The van der Waals surface area contributed by atoms with E-state index in [1.807, 2.05) is 30.3 Å². The third-order valence-electron chi connectivity index (χ3n) is 5.11. The van der Waals surface area contributed by atoms with Crippen molar-refractivity contribution in [3.8, 4) is 5.75 Å². The summed E-state index contributed by atoms with van der Waals surface area (Å²) in [6.07, 6.45) is 4.06. The lowest BCUT2D eigenvalue weighted by Crippen LogP contribution is -2.33. The first kappa shape index (κ1) is 17.0. The van der Waals surface area contributed by atoms with E-state index in [0.717, 1.165) is 30.6 Å². The summed E-state index contributed by atoms with van der Waals surface area (Å²) in [4.78, 5) is 0. The Kier molecular flexibility index (Phi) is 5.89. The fourth-order valence-electron chi connectivity index (χ4n) is 3.72. The van der Waals surface area contributed by atoms with Crippen LogP contribution in [0.4, 0.5) is 0 Å². The molecule has 2 aromatic carbocycles. The Bertz CT molecular complexity index is 611. The second kappa shape index (κ2) is 8.32. The van der Waals surface area contributed by atoms with Crippen LogP contribution >= 0.6 is 0 Å². The topological polar surface area (TPSA) is 55.5 Å². The molecule has 1 aliphatic rings. The molecular weight excluding hydrogens is 298 g/mol. The van der Waals surface area contributed by atoms with Crippen molar-refractivity contribution in [1.82, 2.24) is 0 Å². The monoisotopic (exact) mass is 325 g/mol. The van der Waals surface area contributed by atoms with E-state index in [1.165, 1.54) is 12.0 Å². The van der Waals surface area contributed by atoms with Gasteiger partial charge in [-0.15, -0.1) is 0 Å². The molecule has 128 valence electrons. The maximum absolute atomic E-state index is 10.3. The van der Waals surface area contributed by atoms with E-state index in [9.17, 15) is 5.11 Å². The Hall–Kier alpha value is -1.84. The molecule has 0 aliphatic heterocycles. The highest BCUT2D eigenvalue weighted by Gasteiger charge is 2.30. The number of hydrogen-bond acceptors (Lipinski definition) is 3. The minimum atomic E-state index is -0.221. The molecule has 1 fully saturated rings. The van der Waals surface area contributed by atoms with Crippen molar-refractivity contribution in [2.75, 3.05) is 6.54 Å². The lowest BCUT2D eigenvalue weighted by atomic mass is 9.75. The summed E-state index contributed by atoms with van der Waals surface area (Å²) >= 11 is 0. The van der Waals surface area contributed by atoms with Crippen LogP contribution in [0.15, 0.2) is 54.6 Å². The Morgan fingerprint density at radius 1 is 1.00 bits per heavy atom. The van der Waals surface area contributed by atoms with Crippen LogP contribution in [0.5, 0.6) is 5.75 Å². The molecular formula is C21H27NO2. The zero-order valence-corrected chi connectivity index (χ0v) is 14.1. The van der Waals surface area contributed by atoms with Gasteiger partial charge < -0.3 is 15.6 Å². The summed E-state index contributed by atoms with van der Waals surface area (Å²) < 4.78 is 5.85. The second-order valence-corrected chi connectivity index (χ2v) is 6.70. The van der Waals surface area contributed by atoms with Crippen LogP contribution in [-0.4, -0.2) is 17.8 Å². The summed E-state index contributed by atoms with van der Waals surface area (Å²) in [7, 11) is 0. The maximum atomic E-state index is 10.3. The van der Waals surface area contributed by atoms with E-state index in [-0.39, 0.29) is 17.9 Å². The smallest absolute Gasteiger partial charge is 0.119 e. The first-order valence-corrected chi connectivity index (χ1v) is 8.92. The molecule has 0 saturated heterocycles. The van der Waals surface area contributed by atoms with Gasteiger partial charge in [-0.3, -0.25) is 0 Å². The number of rotatable bonds is 6. The zero-order valence-electron chi connectivity index (χ0n) is 14.1. The van der Waals surface area contributed by atoms with Crippen molar-refractivity contribution in [1.29, 1.82) is 0 Å². The van der Waals surface area contributed by atoms with Crippen molar-refractivity contribution < 1.29 is 9.84 Å². The van der Waals surface area contributed by atoms with E-state index in [0.29, 0.717) is 13.2 Å². The van der Waals surface area contributed by atoms with Gasteiger partial charge in [0.25, 0.3) is 0 Å². The second-order valence-electron chi connectivity index (χ2n) is 6.70. The predicted molar refractivity (Wildman–Crippen MR) is 97.0 cm³/mol. The van der Waals surface area contributed by atoms with Gasteiger partial charge in [-0.1, -0.05) is 55.3 Å². The van der Waals surface area contributed by atoms with Crippen LogP contribution in [-0.2, 0) is 6.61 Å². The Labute approximate surface area is 144 Å². The predicted octanol–water partition coefficient (Wildman–Crippen LogP) is 3.86. The van der Waals surface area contributed by atoms with Gasteiger partial charge in [-0.25, -0.2) is 0 Å². The van der Waals surface area contributed by atoms with Crippen LogP contribution in [0, 0.1) is 5.92 Å². The number of ether oxygens (including phenoxy) is 1. The molecule has 1 aliphatic carbocycles. The first-order chi connectivity index (χ1) is 11.8. The number of aliphatic hydroxyl groups excluding tert-OH is 1. The van der Waals surface area contributed by atoms with E-state index >= 15 is 0 Å². The van der Waals surface area contributed by atoms with Crippen molar-refractivity contribution in [2.24, 2.45) is 11.7 Å². The number of aliphatic hydroxyl groups is 1. The standard InChI is InChI=1S/C21H27NO2/c22-14-20(19-8-4-5-9-21(19)23)17-10-12-18(13-11-17)24-15-16-6-2-1-3-7-16/h1-3,6-7,10-13,19-21,23H,4-5,8-9,14-15,22H2/t19-,20+,21+/m1/s1. The molecule has 3 nitrogen and oxygen atoms in total. The molecule has 3 atom stereocenters. The lowest BCUT2D eigenvalue weighted by molar-refractivity contribution is 0.0561. The molecule has 0 aromatic heterocycles. The molecule has 0 radical (unpaired) electrons. The minimum Gasteiger partial charge on any atom is -0.489 e. The molecule has 1 saturated carbocycles. The zero-order chi connectivity index (χ0) is 16.8. The summed E-state index contributed by atoms with van der Waals surface area (Å²) in [5.41, 5.74) is 8.39. The Balaban J connectivity index is 1.64. The van der Waals surface area contributed by atoms with Gasteiger partial charge in [-0.05, 0) is 48.6 Å². The van der Waals surface area contributed by atoms with Crippen molar-refractivity contribution >= 4 is 0 Å². The normalized spacial score (nSPS) is 22.1. The third kappa shape index (κ3) is 4.16. The maximum Gasteiger partial charge on any atom is 0.119 e. The highest BCUT2D eigenvalue weighted by Crippen LogP contribution is 2.36.